The highest BCUT2D eigenvalue weighted by Gasteiger charge is 2.22. The number of hydrogen-bond donors (Lipinski definition) is 2. The fourth-order valence-corrected chi connectivity index (χ4v) is 3.93. The number of rotatable bonds is 8. The van der Waals surface area contributed by atoms with Crippen LogP contribution in [0, 0.1) is 17.2 Å². The molecule has 0 atom stereocenters. The zero-order valence-corrected chi connectivity index (χ0v) is 19.0. The Balaban J connectivity index is 1.26. The van der Waals surface area contributed by atoms with Gasteiger partial charge in [0.1, 0.15) is 23.0 Å². The van der Waals surface area contributed by atoms with Crippen molar-refractivity contribution in [2.75, 3.05) is 32.0 Å². The number of amides is 1. The molecule has 10 heteroatoms. The fraction of sp³-hybridized carbons (Fsp3) is 0.375. The zero-order chi connectivity index (χ0) is 23.9. The van der Waals surface area contributed by atoms with Crippen LogP contribution < -0.4 is 15.8 Å². The van der Waals surface area contributed by atoms with E-state index >= 15 is 0 Å². The van der Waals surface area contributed by atoms with Crippen LogP contribution in [0.3, 0.4) is 0 Å². The van der Waals surface area contributed by atoms with Crippen LogP contribution in [0.2, 0.25) is 0 Å². The lowest BCUT2D eigenvalue weighted by molar-refractivity contribution is 0.0927. The highest BCUT2D eigenvalue weighted by Crippen LogP contribution is 2.24. The summed E-state index contributed by atoms with van der Waals surface area (Å²) in [5.74, 6) is 0.924. The third-order valence-corrected chi connectivity index (χ3v) is 5.77. The van der Waals surface area contributed by atoms with Crippen LogP contribution in [-0.2, 0) is 6.54 Å². The first-order valence-electron chi connectivity index (χ1n) is 11.3. The van der Waals surface area contributed by atoms with Gasteiger partial charge in [-0.1, -0.05) is 11.2 Å². The summed E-state index contributed by atoms with van der Waals surface area (Å²) >= 11 is 0. The van der Waals surface area contributed by atoms with Crippen LogP contribution in [-0.4, -0.2) is 52.2 Å². The standard InChI is InChI=1S/C24H27N7O3/c1-2-33-24-18(13-25)19(26)12-22(29-24)23(32)28-14-16-6-9-31(10-7-16)15-17-11-21(30-34-17)20-5-3-4-8-27-20/h3-5,8,11-12,16H,2,6-7,9-10,14-15H2,1H3,(H2,26,29)(H,28,32). The van der Waals surface area contributed by atoms with Crippen molar-refractivity contribution < 1.29 is 14.1 Å². The highest BCUT2D eigenvalue weighted by molar-refractivity contribution is 5.93. The van der Waals surface area contributed by atoms with Crippen LogP contribution in [0.1, 0.15) is 41.6 Å². The monoisotopic (exact) mass is 461 g/mol. The van der Waals surface area contributed by atoms with Gasteiger partial charge in [0.2, 0.25) is 5.88 Å². The Morgan fingerprint density at radius 2 is 2.15 bits per heavy atom. The first-order valence-corrected chi connectivity index (χ1v) is 11.3. The second-order valence-corrected chi connectivity index (χ2v) is 8.14. The number of aromatic nitrogens is 3. The van der Waals surface area contributed by atoms with E-state index in [0.717, 1.165) is 43.1 Å². The molecular weight excluding hydrogens is 434 g/mol. The molecule has 3 aromatic rings. The van der Waals surface area contributed by atoms with Gasteiger partial charge < -0.3 is 20.3 Å². The summed E-state index contributed by atoms with van der Waals surface area (Å²) in [5.41, 5.74) is 7.90. The quantitative estimate of drug-likeness (QED) is 0.517. The lowest BCUT2D eigenvalue weighted by atomic mass is 9.96. The maximum atomic E-state index is 12.6. The van der Waals surface area contributed by atoms with Crippen LogP contribution in [0.15, 0.2) is 41.1 Å². The first-order chi connectivity index (χ1) is 16.6. The van der Waals surface area contributed by atoms with E-state index < -0.39 is 0 Å². The molecule has 3 aromatic heterocycles. The van der Waals surface area contributed by atoms with Crippen molar-refractivity contribution >= 4 is 11.6 Å². The second kappa shape index (κ2) is 10.8. The Labute approximate surface area is 197 Å². The predicted octanol–water partition coefficient (Wildman–Crippen LogP) is 2.63. The van der Waals surface area contributed by atoms with Gasteiger partial charge in [0.05, 0.1) is 24.5 Å². The second-order valence-electron chi connectivity index (χ2n) is 8.14. The topological polar surface area (TPSA) is 143 Å². The largest absolute Gasteiger partial charge is 0.477 e. The maximum Gasteiger partial charge on any atom is 0.270 e. The van der Waals surface area contributed by atoms with Crippen LogP contribution in [0.4, 0.5) is 5.69 Å². The number of hydrogen-bond acceptors (Lipinski definition) is 9. The molecule has 3 N–H and O–H groups in total. The minimum Gasteiger partial charge on any atom is -0.477 e. The minimum absolute atomic E-state index is 0.0853. The average molecular weight is 462 g/mol. The van der Waals surface area contributed by atoms with Crippen molar-refractivity contribution in [2.24, 2.45) is 5.92 Å². The molecule has 0 aromatic carbocycles. The van der Waals surface area contributed by atoms with Gasteiger partial charge in [0.15, 0.2) is 5.76 Å². The third kappa shape index (κ3) is 5.50. The van der Waals surface area contributed by atoms with Gasteiger partial charge >= 0.3 is 0 Å². The lowest BCUT2D eigenvalue weighted by Crippen LogP contribution is -2.38. The number of carbonyl (C=O) groups is 1. The molecule has 4 rings (SSSR count). The normalized spacial score (nSPS) is 14.5. The molecule has 1 fully saturated rings. The Morgan fingerprint density at radius 3 is 2.85 bits per heavy atom. The summed E-state index contributed by atoms with van der Waals surface area (Å²) in [5, 5.41) is 16.3. The van der Waals surface area contributed by atoms with Crippen molar-refractivity contribution in [1.82, 2.24) is 25.3 Å². The van der Waals surface area contributed by atoms with E-state index in [0.29, 0.717) is 25.6 Å². The van der Waals surface area contributed by atoms with E-state index in [1.807, 2.05) is 30.3 Å². The minimum atomic E-state index is -0.330. The molecule has 0 spiro atoms. The van der Waals surface area contributed by atoms with E-state index in [1.54, 1.807) is 13.1 Å². The number of ether oxygens (including phenoxy) is 1. The van der Waals surface area contributed by atoms with Crippen LogP contribution >= 0.6 is 0 Å². The summed E-state index contributed by atoms with van der Waals surface area (Å²) in [4.78, 5) is 23.4. The number of nitrogens with two attached hydrogens (primary N) is 1. The smallest absolute Gasteiger partial charge is 0.270 e. The average Bonchev–Trinajstić information content (AvgIpc) is 3.32. The van der Waals surface area contributed by atoms with Crippen molar-refractivity contribution in [3.8, 4) is 23.3 Å². The SMILES string of the molecule is CCOc1nc(C(=O)NCC2CCN(Cc3cc(-c4ccccn4)no3)CC2)cc(N)c1C#N. The van der Waals surface area contributed by atoms with Gasteiger partial charge in [-0.3, -0.25) is 14.7 Å². The summed E-state index contributed by atoms with van der Waals surface area (Å²) in [6.07, 6.45) is 3.64. The summed E-state index contributed by atoms with van der Waals surface area (Å²) < 4.78 is 10.9. The van der Waals surface area contributed by atoms with Crippen LogP contribution in [0.25, 0.3) is 11.4 Å². The third-order valence-electron chi connectivity index (χ3n) is 5.77. The molecule has 1 amide bonds. The van der Waals surface area contributed by atoms with Gasteiger partial charge in [0, 0.05) is 18.8 Å². The van der Waals surface area contributed by atoms with Gasteiger partial charge in [-0.2, -0.15) is 5.26 Å². The van der Waals surface area contributed by atoms with E-state index in [2.05, 4.69) is 25.3 Å². The molecule has 10 nitrogen and oxygen atoms in total. The summed E-state index contributed by atoms with van der Waals surface area (Å²) in [7, 11) is 0. The maximum absolute atomic E-state index is 12.6. The Kier molecular flexibility index (Phi) is 7.34. The Bertz CT molecular complexity index is 1170. The van der Waals surface area contributed by atoms with E-state index in [-0.39, 0.29) is 28.7 Å². The molecule has 1 aliphatic heterocycles. The van der Waals surface area contributed by atoms with Crippen molar-refractivity contribution in [3.05, 3.63) is 53.5 Å². The molecule has 1 aliphatic rings. The highest BCUT2D eigenvalue weighted by atomic mass is 16.5. The number of anilines is 1. The number of piperidine rings is 1. The molecule has 0 aliphatic carbocycles. The molecule has 0 saturated carbocycles. The predicted molar refractivity (Wildman–Crippen MR) is 125 cm³/mol. The first kappa shape index (κ1) is 23.2. The Morgan fingerprint density at radius 1 is 1.32 bits per heavy atom. The van der Waals surface area contributed by atoms with Gasteiger partial charge in [-0.15, -0.1) is 0 Å². The Hall–Kier alpha value is -3.97. The summed E-state index contributed by atoms with van der Waals surface area (Å²) in [6, 6.07) is 11.0. The van der Waals surface area contributed by atoms with E-state index in [9.17, 15) is 10.1 Å². The lowest BCUT2D eigenvalue weighted by Gasteiger charge is -2.31. The van der Waals surface area contributed by atoms with Crippen molar-refractivity contribution in [1.29, 1.82) is 5.26 Å². The van der Waals surface area contributed by atoms with E-state index in [4.69, 9.17) is 15.0 Å². The molecule has 0 unspecified atom stereocenters. The van der Waals surface area contributed by atoms with Crippen molar-refractivity contribution in [3.63, 3.8) is 0 Å². The number of pyridine rings is 2. The molecule has 34 heavy (non-hydrogen) atoms. The molecular formula is C24H27N7O3. The van der Waals surface area contributed by atoms with Gasteiger partial charge in [0.25, 0.3) is 5.91 Å². The number of nitrogens with one attached hydrogen (secondary N) is 1. The molecule has 0 radical (unpaired) electrons. The summed E-state index contributed by atoms with van der Waals surface area (Å²) in [6.45, 7) is 5.13. The van der Waals surface area contributed by atoms with Crippen molar-refractivity contribution in [2.45, 2.75) is 26.3 Å². The number of likely N-dealkylation sites (tertiary alicyclic amines) is 1. The molecule has 4 heterocycles. The number of carbonyl (C=O) groups excluding carboxylic acids is 1. The number of nitrogen functional groups attached to an aromatic ring is 1. The fourth-order valence-electron chi connectivity index (χ4n) is 3.93. The van der Waals surface area contributed by atoms with E-state index in [1.165, 1.54) is 6.07 Å². The number of nitriles is 1. The van der Waals surface area contributed by atoms with Gasteiger partial charge in [-0.25, -0.2) is 4.98 Å². The molecule has 1 saturated heterocycles. The van der Waals surface area contributed by atoms with Crippen LogP contribution in [0.5, 0.6) is 5.88 Å². The number of nitrogens with zero attached hydrogens (tertiary/aromatic N) is 5. The molecule has 0 bridgehead atoms. The molecule has 176 valence electrons. The zero-order valence-electron chi connectivity index (χ0n) is 19.0. The van der Waals surface area contributed by atoms with Gasteiger partial charge in [-0.05, 0) is 57.0 Å².